The molecule has 0 bridgehead atoms. The molecule has 3 nitrogen and oxygen atoms in total. The molecule has 2 rings (SSSR count). The molecule has 2 saturated heterocycles. The summed E-state index contributed by atoms with van der Waals surface area (Å²) in [5.74, 6) is 0. The summed E-state index contributed by atoms with van der Waals surface area (Å²) in [6, 6.07) is 0. The van der Waals surface area contributed by atoms with Crippen LogP contribution in [-0.2, 0) is 0 Å². The van der Waals surface area contributed by atoms with Crippen LogP contribution in [0, 0.1) is 0 Å². The van der Waals surface area contributed by atoms with Crippen LogP contribution in [0.4, 0.5) is 0 Å². The minimum absolute atomic E-state index is 0.349. The molecule has 2 aliphatic heterocycles. The molecule has 100 valence electrons. The Balaban J connectivity index is 1.86. The van der Waals surface area contributed by atoms with Crippen LogP contribution >= 0.6 is 0 Å². The molecule has 2 aliphatic rings. The van der Waals surface area contributed by atoms with Gasteiger partial charge in [0.1, 0.15) is 0 Å². The molecular weight excluding hydrogens is 210 g/mol. The quantitative estimate of drug-likeness (QED) is 0.806. The van der Waals surface area contributed by atoms with E-state index in [1.54, 1.807) is 0 Å². The fourth-order valence-electron chi connectivity index (χ4n) is 3.19. The summed E-state index contributed by atoms with van der Waals surface area (Å²) < 4.78 is 0. The van der Waals surface area contributed by atoms with Crippen LogP contribution in [-0.4, -0.2) is 61.2 Å². The van der Waals surface area contributed by atoms with E-state index < -0.39 is 0 Å². The van der Waals surface area contributed by atoms with E-state index in [4.69, 9.17) is 0 Å². The second-order valence-electron chi connectivity index (χ2n) is 6.24. The van der Waals surface area contributed by atoms with Gasteiger partial charge in [-0.3, -0.25) is 9.80 Å². The molecular formula is C14H29N3. The third-order valence-corrected chi connectivity index (χ3v) is 4.28. The first-order chi connectivity index (χ1) is 8.18. The Bertz CT molecular complexity index is 214. The first-order valence-corrected chi connectivity index (χ1v) is 7.37. The second kappa shape index (κ2) is 6.17. The number of likely N-dealkylation sites (tertiary alicyclic amines) is 1. The molecule has 0 unspecified atom stereocenters. The van der Waals surface area contributed by atoms with Gasteiger partial charge in [0.2, 0.25) is 0 Å². The van der Waals surface area contributed by atoms with E-state index in [9.17, 15) is 0 Å². The number of rotatable bonds is 3. The van der Waals surface area contributed by atoms with E-state index >= 15 is 0 Å². The van der Waals surface area contributed by atoms with Crippen molar-refractivity contribution in [3.05, 3.63) is 0 Å². The van der Waals surface area contributed by atoms with E-state index in [0.717, 1.165) is 13.1 Å². The lowest BCUT2D eigenvalue weighted by Gasteiger charge is -2.42. The lowest BCUT2D eigenvalue weighted by atomic mass is 10.0. The smallest absolute Gasteiger partial charge is 0.0280 e. The number of nitrogens with zero attached hydrogens (tertiary/aromatic N) is 2. The van der Waals surface area contributed by atoms with Gasteiger partial charge in [-0.15, -0.1) is 0 Å². The first-order valence-electron chi connectivity index (χ1n) is 7.37. The highest BCUT2D eigenvalue weighted by molar-refractivity contribution is 4.87. The molecule has 17 heavy (non-hydrogen) atoms. The Morgan fingerprint density at radius 1 is 0.882 bits per heavy atom. The van der Waals surface area contributed by atoms with E-state index in [1.165, 1.54) is 58.4 Å². The van der Waals surface area contributed by atoms with Crippen molar-refractivity contribution in [2.24, 2.45) is 0 Å². The Hall–Kier alpha value is -0.120. The van der Waals surface area contributed by atoms with Crippen molar-refractivity contribution >= 4 is 0 Å². The SMILES string of the molecule is CC(C)(CN1CCNCC1)N1CCCCCC1. The molecule has 0 atom stereocenters. The normalized spacial score (nSPS) is 25.8. The van der Waals surface area contributed by atoms with E-state index in [1.807, 2.05) is 0 Å². The number of piperazine rings is 1. The maximum absolute atomic E-state index is 3.43. The molecule has 2 fully saturated rings. The highest BCUT2D eigenvalue weighted by atomic mass is 15.3. The Labute approximate surface area is 107 Å². The van der Waals surface area contributed by atoms with Gasteiger partial charge in [-0.2, -0.15) is 0 Å². The molecule has 0 aromatic carbocycles. The standard InChI is InChI=1S/C14H29N3/c1-14(2,13-16-11-7-15-8-12-16)17-9-5-3-4-6-10-17/h15H,3-13H2,1-2H3. The molecule has 0 amide bonds. The molecule has 2 heterocycles. The molecule has 0 aromatic heterocycles. The van der Waals surface area contributed by atoms with Crippen molar-refractivity contribution in [1.29, 1.82) is 0 Å². The summed E-state index contributed by atoms with van der Waals surface area (Å²) >= 11 is 0. The highest BCUT2D eigenvalue weighted by Gasteiger charge is 2.29. The van der Waals surface area contributed by atoms with Crippen LogP contribution in [0.15, 0.2) is 0 Å². The topological polar surface area (TPSA) is 18.5 Å². The Kier molecular flexibility index (Phi) is 4.83. The monoisotopic (exact) mass is 239 g/mol. The van der Waals surface area contributed by atoms with Gasteiger partial charge in [0, 0.05) is 38.3 Å². The summed E-state index contributed by atoms with van der Waals surface area (Å²) in [6.07, 6.45) is 5.65. The third kappa shape index (κ3) is 3.94. The summed E-state index contributed by atoms with van der Waals surface area (Å²) in [5.41, 5.74) is 0.349. The summed E-state index contributed by atoms with van der Waals surface area (Å²) in [5, 5.41) is 3.43. The molecule has 0 saturated carbocycles. The van der Waals surface area contributed by atoms with Crippen molar-refractivity contribution in [3.8, 4) is 0 Å². The maximum atomic E-state index is 3.43. The molecule has 0 radical (unpaired) electrons. The zero-order valence-electron chi connectivity index (χ0n) is 11.7. The molecule has 0 aromatic rings. The zero-order valence-corrected chi connectivity index (χ0v) is 11.7. The van der Waals surface area contributed by atoms with Crippen LogP contribution in [0.25, 0.3) is 0 Å². The fourth-order valence-corrected chi connectivity index (χ4v) is 3.19. The number of hydrogen-bond acceptors (Lipinski definition) is 3. The van der Waals surface area contributed by atoms with Crippen LogP contribution in [0.5, 0.6) is 0 Å². The van der Waals surface area contributed by atoms with Gasteiger partial charge < -0.3 is 5.32 Å². The van der Waals surface area contributed by atoms with Crippen LogP contribution in [0.2, 0.25) is 0 Å². The number of hydrogen-bond donors (Lipinski definition) is 1. The van der Waals surface area contributed by atoms with Crippen molar-refractivity contribution in [2.75, 3.05) is 45.8 Å². The maximum Gasteiger partial charge on any atom is 0.0280 e. The minimum atomic E-state index is 0.349. The predicted octanol–water partition coefficient (Wildman–Crippen LogP) is 1.55. The molecule has 0 spiro atoms. The van der Waals surface area contributed by atoms with Gasteiger partial charge in [0.15, 0.2) is 0 Å². The largest absolute Gasteiger partial charge is 0.314 e. The van der Waals surface area contributed by atoms with Gasteiger partial charge in [-0.1, -0.05) is 12.8 Å². The highest BCUT2D eigenvalue weighted by Crippen LogP contribution is 2.21. The van der Waals surface area contributed by atoms with E-state index in [-0.39, 0.29) is 0 Å². The van der Waals surface area contributed by atoms with Crippen molar-refractivity contribution in [3.63, 3.8) is 0 Å². The Morgan fingerprint density at radius 3 is 2.06 bits per heavy atom. The number of nitrogens with one attached hydrogen (secondary N) is 1. The molecule has 0 aliphatic carbocycles. The van der Waals surface area contributed by atoms with Crippen LogP contribution in [0.3, 0.4) is 0 Å². The van der Waals surface area contributed by atoms with Gasteiger partial charge >= 0.3 is 0 Å². The average molecular weight is 239 g/mol. The summed E-state index contributed by atoms with van der Waals surface area (Å²) in [6.45, 7) is 13.5. The summed E-state index contributed by atoms with van der Waals surface area (Å²) in [7, 11) is 0. The van der Waals surface area contributed by atoms with Crippen LogP contribution in [0.1, 0.15) is 39.5 Å². The van der Waals surface area contributed by atoms with Crippen LogP contribution < -0.4 is 5.32 Å². The van der Waals surface area contributed by atoms with E-state index in [2.05, 4.69) is 29.0 Å². The van der Waals surface area contributed by atoms with Gasteiger partial charge in [0.05, 0.1) is 0 Å². The first kappa shape index (κ1) is 13.3. The summed E-state index contributed by atoms with van der Waals surface area (Å²) in [4.78, 5) is 5.35. The lowest BCUT2D eigenvalue weighted by Crippen LogP contribution is -2.55. The predicted molar refractivity (Wildman–Crippen MR) is 73.4 cm³/mol. The van der Waals surface area contributed by atoms with Crippen molar-refractivity contribution in [1.82, 2.24) is 15.1 Å². The van der Waals surface area contributed by atoms with Gasteiger partial charge in [-0.25, -0.2) is 0 Å². The minimum Gasteiger partial charge on any atom is -0.314 e. The van der Waals surface area contributed by atoms with Crippen molar-refractivity contribution < 1.29 is 0 Å². The van der Waals surface area contributed by atoms with E-state index in [0.29, 0.717) is 5.54 Å². The lowest BCUT2D eigenvalue weighted by molar-refractivity contribution is 0.0716. The Morgan fingerprint density at radius 2 is 1.47 bits per heavy atom. The fraction of sp³-hybridized carbons (Fsp3) is 1.00. The molecule has 3 heteroatoms. The average Bonchev–Trinajstić information content (AvgIpc) is 2.58. The zero-order chi connectivity index (χ0) is 12.1. The third-order valence-electron chi connectivity index (χ3n) is 4.28. The van der Waals surface area contributed by atoms with Gasteiger partial charge in [-0.05, 0) is 39.8 Å². The molecule has 1 N–H and O–H groups in total. The van der Waals surface area contributed by atoms with Crippen molar-refractivity contribution in [2.45, 2.75) is 45.1 Å². The second-order valence-corrected chi connectivity index (χ2v) is 6.24. The van der Waals surface area contributed by atoms with Gasteiger partial charge in [0.25, 0.3) is 0 Å².